The number of unbranched alkanes of at least 4 members (excludes halogenated alkanes) is 29. The topological polar surface area (TPSA) is 78.9 Å². The molecule has 0 unspecified atom stereocenters. The van der Waals surface area contributed by atoms with Crippen molar-refractivity contribution >= 4 is 17.9 Å². The number of carbonyl (C=O) groups excluding carboxylic acids is 3. The molecule has 6 heteroatoms. The van der Waals surface area contributed by atoms with Crippen LogP contribution in [0.25, 0.3) is 0 Å². The lowest BCUT2D eigenvalue weighted by molar-refractivity contribution is -0.167. The van der Waals surface area contributed by atoms with Gasteiger partial charge in [0.25, 0.3) is 0 Å². The average Bonchev–Trinajstić information content (AvgIpc) is 3.37. The van der Waals surface area contributed by atoms with E-state index in [1.807, 2.05) is 0 Å². The molecule has 0 aromatic carbocycles. The largest absolute Gasteiger partial charge is 0.462 e. The summed E-state index contributed by atoms with van der Waals surface area (Å²) in [5, 5.41) is 0. The minimum atomic E-state index is -0.797. The maximum absolute atomic E-state index is 12.9. The fraction of sp³-hybridized carbons (Fsp3) is 0.738. The zero-order valence-corrected chi connectivity index (χ0v) is 46.7. The fourth-order valence-electron chi connectivity index (χ4n) is 8.34. The summed E-state index contributed by atoms with van der Waals surface area (Å²) in [6.07, 6.45) is 77.2. The van der Waals surface area contributed by atoms with Crippen LogP contribution in [0.1, 0.15) is 290 Å². The van der Waals surface area contributed by atoms with E-state index in [2.05, 4.69) is 106 Å². The van der Waals surface area contributed by atoms with Gasteiger partial charge in [-0.25, -0.2) is 0 Å². The third kappa shape index (κ3) is 57.4. The molecule has 0 radical (unpaired) electrons. The van der Waals surface area contributed by atoms with Crippen molar-refractivity contribution in [2.45, 2.75) is 297 Å². The molecule has 0 saturated heterocycles. The van der Waals surface area contributed by atoms with Crippen molar-refractivity contribution in [3.8, 4) is 0 Å². The van der Waals surface area contributed by atoms with Crippen LogP contribution in [-0.4, -0.2) is 37.2 Å². The van der Waals surface area contributed by atoms with Gasteiger partial charge in [-0.1, -0.05) is 241 Å². The summed E-state index contributed by atoms with van der Waals surface area (Å²) in [4.78, 5) is 38.2. The van der Waals surface area contributed by atoms with Gasteiger partial charge in [-0.15, -0.1) is 0 Å². The van der Waals surface area contributed by atoms with E-state index < -0.39 is 6.10 Å². The molecule has 0 aliphatic heterocycles. The van der Waals surface area contributed by atoms with Crippen LogP contribution < -0.4 is 0 Å². The third-order valence-electron chi connectivity index (χ3n) is 12.9. The molecule has 0 saturated carbocycles. The summed E-state index contributed by atoms with van der Waals surface area (Å²) in [7, 11) is 0. The molecule has 0 N–H and O–H groups in total. The highest BCUT2D eigenvalue weighted by Gasteiger charge is 2.19. The van der Waals surface area contributed by atoms with Gasteiger partial charge in [0.2, 0.25) is 0 Å². The van der Waals surface area contributed by atoms with Gasteiger partial charge < -0.3 is 14.2 Å². The second-order valence-electron chi connectivity index (χ2n) is 19.9. The number of ether oxygens (including phenoxy) is 3. The molecule has 1 atom stereocenters. The van der Waals surface area contributed by atoms with E-state index in [1.165, 1.54) is 154 Å². The van der Waals surface area contributed by atoms with Gasteiger partial charge in [0.1, 0.15) is 13.2 Å². The Morgan fingerprint density at radius 2 is 0.549 bits per heavy atom. The van der Waals surface area contributed by atoms with Gasteiger partial charge in [0.05, 0.1) is 0 Å². The molecule has 0 fully saturated rings. The second-order valence-corrected chi connectivity index (χ2v) is 19.9. The molecule has 0 amide bonds. The van der Waals surface area contributed by atoms with Gasteiger partial charge >= 0.3 is 17.9 Å². The molecule has 0 spiro atoms. The summed E-state index contributed by atoms with van der Waals surface area (Å²) in [6, 6.07) is 0. The molecular formula is C65H112O6. The SMILES string of the molecule is CC/C=C\C/C=C\C/C=C\C/C=C\C/C=C\CCCCCC(=O)O[C@@H](COC(=O)CCCCCCCCC/C=C\CCCCCC)COC(=O)CCCCCCCCCCC/C=C\CCCCCCCC. The van der Waals surface area contributed by atoms with Crippen LogP contribution in [0.5, 0.6) is 0 Å². The minimum Gasteiger partial charge on any atom is -0.462 e. The van der Waals surface area contributed by atoms with Crippen molar-refractivity contribution in [3.63, 3.8) is 0 Å². The summed E-state index contributed by atoms with van der Waals surface area (Å²) < 4.78 is 16.9. The van der Waals surface area contributed by atoms with Gasteiger partial charge in [0, 0.05) is 19.3 Å². The van der Waals surface area contributed by atoms with Gasteiger partial charge in [-0.2, -0.15) is 0 Å². The van der Waals surface area contributed by atoms with Crippen LogP contribution in [0, 0.1) is 0 Å². The molecule has 0 heterocycles. The smallest absolute Gasteiger partial charge is 0.306 e. The Labute approximate surface area is 439 Å². The van der Waals surface area contributed by atoms with Crippen LogP contribution >= 0.6 is 0 Å². The first-order valence-electron chi connectivity index (χ1n) is 30.1. The summed E-state index contributed by atoms with van der Waals surface area (Å²) in [6.45, 7) is 6.50. The number of rotatable bonds is 54. The third-order valence-corrected chi connectivity index (χ3v) is 12.9. The fourth-order valence-corrected chi connectivity index (χ4v) is 8.34. The van der Waals surface area contributed by atoms with Crippen molar-refractivity contribution in [3.05, 3.63) is 85.1 Å². The monoisotopic (exact) mass is 989 g/mol. The molecule has 0 bridgehead atoms. The molecule has 0 aliphatic carbocycles. The Balaban J connectivity index is 4.44. The van der Waals surface area contributed by atoms with Crippen molar-refractivity contribution < 1.29 is 28.6 Å². The Morgan fingerprint density at radius 1 is 0.296 bits per heavy atom. The molecule has 0 aromatic rings. The van der Waals surface area contributed by atoms with Crippen molar-refractivity contribution in [2.75, 3.05) is 13.2 Å². The predicted octanol–water partition coefficient (Wildman–Crippen LogP) is 20.3. The lowest BCUT2D eigenvalue weighted by Crippen LogP contribution is -2.30. The highest BCUT2D eigenvalue weighted by atomic mass is 16.6. The van der Waals surface area contributed by atoms with E-state index >= 15 is 0 Å². The van der Waals surface area contributed by atoms with E-state index in [0.29, 0.717) is 12.8 Å². The molecule has 0 aliphatic rings. The standard InChI is InChI=1S/C65H112O6/c1-4-7-10-13-16-19-22-25-28-30-32-34-37-40-43-46-49-52-55-58-64(67)70-61-62(60-69-63(66)57-54-51-48-45-42-39-36-27-24-21-18-15-12-9-6-3)71-65(68)59-56-53-50-47-44-41-38-35-33-31-29-26-23-20-17-14-11-8-5-2/h8,11,17,20-21,24-26,28-29,33,35,41,44,62H,4-7,9-10,12-16,18-19,22-23,27,30-32,34,36-40,42-43,45-61H2,1-3H3/b11-8-,20-17-,24-21-,28-25-,29-26-,35-33-,44-41-/t62-/m0/s1. The minimum absolute atomic E-state index is 0.0917. The van der Waals surface area contributed by atoms with Crippen LogP contribution in [0.15, 0.2) is 85.1 Å². The molecular weight excluding hydrogens is 877 g/mol. The lowest BCUT2D eigenvalue weighted by atomic mass is 10.1. The molecule has 0 aromatic heterocycles. The van der Waals surface area contributed by atoms with Crippen LogP contribution in [-0.2, 0) is 28.6 Å². The van der Waals surface area contributed by atoms with E-state index in [4.69, 9.17) is 14.2 Å². The van der Waals surface area contributed by atoms with Crippen LogP contribution in [0.3, 0.4) is 0 Å². The Kier molecular flexibility index (Phi) is 56.3. The molecule has 0 rings (SSSR count). The zero-order valence-electron chi connectivity index (χ0n) is 46.7. The summed E-state index contributed by atoms with van der Waals surface area (Å²) in [5.74, 6) is -0.922. The molecule has 408 valence electrons. The van der Waals surface area contributed by atoms with Crippen LogP contribution in [0.4, 0.5) is 0 Å². The molecule has 6 nitrogen and oxygen atoms in total. The number of esters is 3. The highest BCUT2D eigenvalue weighted by molar-refractivity contribution is 5.71. The quantitative estimate of drug-likeness (QED) is 0.0261. The zero-order chi connectivity index (χ0) is 51.4. The Hall–Kier alpha value is -3.41. The van der Waals surface area contributed by atoms with E-state index in [9.17, 15) is 14.4 Å². The molecule has 71 heavy (non-hydrogen) atoms. The first-order valence-corrected chi connectivity index (χ1v) is 30.1. The van der Waals surface area contributed by atoms with Crippen molar-refractivity contribution in [1.29, 1.82) is 0 Å². The van der Waals surface area contributed by atoms with E-state index in [-0.39, 0.29) is 37.5 Å². The second kappa shape index (κ2) is 59.2. The normalized spacial score (nSPS) is 12.7. The first-order chi connectivity index (χ1) is 35.0. The number of hydrogen-bond donors (Lipinski definition) is 0. The summed E-state index contributed by atoms with van der Waals surface area (Å²) in [5.41, 5.74) is 0. The lowest BCUT2D eigenvalue weighted by Gasteiger charge is -2.18. The van der Waals surface area contributed by atoms with Gasteiger partial charge in [-0.05, 0) is 116 Å². The Morgan fingerprint density at radius 3 is 0.901 bits per heavy atom. The summed E-state index contributed by atoms with van der Waals surface area (Å²) >= 11 is 0. The average molecular weight is 990 g/mol. The Bertz CT molecular complexity index is 1370. The number of carbonyl (C=O) groups is 3. The van der Waals surface area contributed by atoms with Gasteiger partial charge in [0.15, 0.2) is 6.10 Å². The van der Waals surface area contributed by atoms with Gasteiger partial charge in [-0.3, -0.25) is 14.4 Å². The van der Waals surface area contributed by atoms with E-state index in [1.54, 1.807) is 0 Å². The number of hydrogen-bond acceptors (Lipinski definition) is 6. The predicted molar refractivity (Wildman–Crippen MR) is 307 cm³/mol. The van der Waals surface area contributed by atoms with Crippen molar-refractivity contribution in [1.82, 2.24) is 0 Å². The highest BCUT2D eigenvalue weighted by Crippen LogP contribution is 2.15. The maximum atomic E-state index is 12.9. The maximum Gasteiger partial charge on any atom is 0.306 e. The number of allylic oxidation sites excluding steroid dienone is 14. The first kappa shape index (κ1) is 67.6. The van der Waals surface area contributed by atoms with E-state index in [0.717, 1.165) is 96.3 Å². The van der Waals surface area contributed by atoms with Crippen molar-refractivity contribution in [2.24, 2.45) is 0 Å². The van der Waals surface area contributed by atoms with Crippen LogP contribution in [0.2, 0.25) is 0 Å².